The zero-order valence-electron chi connectivity index (χ0n) is 16.0. The summed E-state index contributed by atoms with van der Waals surface area (Å²) in [5.41, 5.74) is 0.480. The van der Waals surface area contributed by atoms with Gasteiger partial charge >= 0.3 is 5.97 Å². The van der Waals surface area contributed by atoms with Crippen LogP contribution in [0.5, 0.6) is 5.75 Å². The second-order valence-corrected chi connectivity index (χ2v) is 7.86. The van der Waals surface area contributed by atoms with Crippen molar-refractivity contribution in [2.45, 2.75) is 11.0 Å². The molecular formula is C19H22N2O6S. The summed E-state index contributed by atoms with van der Waals surface area (Å²) in [5.74, 6) is -1.18. The molecule has 2 aromatic carbocycles. The Hall–Kier alpha value is -2.91. The molecule has 0 aromatic heterocycles. The molecule has 0 aliphatic carbocycles. The predicted molar refractivity (Wildman–Crippen MR) is 103 cm³/mol. The minimum absolute atomic E-state index is 0.0258. The predicted octanol–water partition coefficient (Wildman–Crippen LogP) is 1.59. The van der Waals surface area contributed by atoms with Gasteiger partial charge in [0.2, 0.25) is 16.1 Å². The Morgan fingerprint density at radius 2 is 1.71 bits per heavy atom. The molecule has 28 heavy (non-hydrogen) atoms. The maximum absolute atomic E-state index is 12.7. The SMILES string of the molecule is CNS(=O)(=O)c1cc(C(=O)O[C@H](C(=O)N(C)C)c2ccccc2)ccc1OC. The van der Waals surface area contributed by atoms with Crippen LogP contribution in [0.15, 0.2) is 53.4 Å². The molecule has 0 saturated heterocycles. The fourth-order valence-corrected chi connectivity index (χ4v) is 3.34. The first-order valence-electron chi connectivity index (χ1n) is 8.30. The summed E-state index contributed by atoms with van der Waals surface area (Å²) >= 11 is 0. The maximum Gasteiger partial charge on any atom is 0.339 e. The zero-order chi connectivity index (χ0) is 20.9. The number of nitrogens with zero attached hydrogens (tertiary/aromatic N) is 1. The highest BCUT2D eigenvalue weighted by Gasteiger charge is 2.28. The number of sulfonamides is 1. The molecule has 1 atom stereocenters. The minimum atomic E-state index is -3.87. The lowest BCUT2D eigenvalue weighted by Crippen LogP contribution is -2.31. The van der Waals surface area contributed by atoms with Gasteiger partial charge in [-0.2, -0.15) is 0 Å². The molecule has 2 aromatic rings. The van der Waals surface area contributed by atoms with Gasteiger partial charge in [0.15, 0.2) is 0 Å². The number of methoxy groups -OCH3 is 1. The zero-order valence-corrected chi connectivity index (χ0v) is 16.8. The van der Waals surface area contributed by atoms with E-state index in [0.717, 1.165) is 6.07 Å². The Morgan fingerprint density at radius 3 is 2.25 bits per heavy atom. The van der Waals surface area contributed by atoms with E-state index in [1.165, 1.54) is 31.2 Å². The van der Waals surface area contributed by atoms with Gasteiger partial charge in [0.25, 0.3) is 5.91 Å². The summed E-state index contributed by atoms with van der Waals surface area (Å²) in [4.78, 5) is 26.3. The Balaban J connectivity index is 2.41. The number of hydrogen-bond acceptors (Lipinski definition) is 6. The third-order valence-corrected chi connectivity index (χ3v) is 5.39. The molecule has 0 radical (unpaired) electrons. The Bertz CT molecular complexity index is 958. The smallest absolute Gasteiger partial charge is 0.339 e. The molecule has 0 bridgehead atoms. The van der Waals surface area contributed by atoms with Crippen molar-refractivity contribution in [2.75, 3.05) is 28.3 Å². The van der Waals surface area contributed by atoms with Gasteiger partial charge in [-0.1, -0.05) is 30.3 Å². The summed E-state index contributed by atoms with van der Waals surface area (Å²) in [5, 5.41) is 0. The van der Waals surface area contributed by atoms with Gasteiger partial charge in [-0.05, 0) is 25.2 Å². The number of carbonyl (C=O) groups is 2. The molecule has 8 nitrogen and oxygen atoms in total. The number of nitrogens with one attached hydrogen (secondary N) is 1. The molecule has 0 unspecified atom stereocenters. The van der Waals surface area contributed by atoms with Gasteiger partial charge in [0, 0.05) is 19.7 Å². The van der Waals surface area contributed by atoms with Crippen LogP contribution >= 0.6 is 0 Å². The fourth-order valence-electron chi connectivity index (χ4n) is 2.42. The molecule has 0 saturated carbocycles. The van der Waals surface area contributed by atoms with Crippen LogP contribution in [0.1, 0.15) is 22.0 Å². The Morgan fingerprint density at radius 1 is 1.07 bits per heavy atom. The molecule has 0 aliphatic rings. The van der Waals surface area contributed by atoms with Gasteiger partial charge in [-0.3, -0.25) is 4.79 Å². The number of esters is 1. The van der Waals surface area contributed by atoms with Crippen molar-refractivity contribution in [1.29, 1.82) is 0 Å². The summed E-state index contributed by atoms with van der Waals surface area (Å²) in [6.45, 7) is 0. The number of ether oxygens (including phenoxy) is 2. The van der Waals surface area contributed by atoms with Crippen molar-refractivity contribution in [3.05, 3.63) is 59.7 Å². The third-order valence-electron chi connectivity index (χ3n) is 3.95. The van der Waals surface area contributed by atoms with Crippen molar-refractivity contribution >= 4 is 21.9 Å². The van der Waals surface area contributed by atoms with Crippen LogP contribution in [-0.4, -0.2) is 53.4 Å². The molecule has 2 rings (SSSR count). The van der Waals surface area contributed by atoms with E-state index in [0.29, 0.717) is 5.56 Å². The highest BCUT2D eigenvalue weighted by molar-refractivity contribution is 7.89. The Kier molecular flexibility index (Phi) is 6.76. The van der Waals surface area contributed by atoms with E-state index >= 15 is 0 Å². The lowest BCUT2D eigenvalue weighted by atomic mass is 10.1. The Labute approximate surface area is 164 Å². The van der Waals surface area contributed by atoms with Crippen molar-refractivity contribution in [2.24, 2.45) is 0 Å². The van der Waals surface area contributed by atoms with E-state index < -0.39 is 28.0 Å². The third kappa shape index (κ3) is 4.68. The second kappa shape index (κ2) is 8.85. The minimum Gasteiger partial charge on any atom is -0.495 e. The molecule has 1 amide bonds. The van der Waals surface area contributed by atoms with Crippen molar-refractivity contribution < 1.29 is 27.5 Å². The number of hydrogen-bond donors (Lipinski definition) is 1. The lowest BCUT2D eigenvalue weighted by Gasteiger charge is -2.21. The number of likely N-dealkylation sites (N-methyl/N-ethyl adjacent to an activating group) is 1. The molecule has 0 aliphatic heterocycles. The standard InChI is InChI=1S/C19H22N2O6S/c1-20-28(24,25)16-12-14(10-11-15(16)26-4)19(23)27-17(18(22)21(2)3)13-8-6-5-7-9-13/h5-12,17,20H,1-4H3/t17-/m0/s1. The van der Waals surface area contributed by atoms with Gasteiger partial charge in [-0.25, -0.2) is 17.9 Å². The molecule has 9 heteroatoms. The lowest BCUT2D eigenvalue weighted by molar-refractivity contribution is -0.138. The second-order valence-electron chi connectivity index (χ2n) is 6.00. The van der Waals surface area contributed by atoms with Crippen LogP contribution in [0, 0.1) is 0 Å². The topological polar surface area (TPSA) is 102 Å². The number of benzene rings is 2. The van der Waals surface area contributed by atoms with E-state index in [4.69, 9.17) is 9.47 Å². The first-order valence-corrected chi connectivity index (χ1v) is 9.78. The molecule has 150 valence electrons. The molecule has 0 heterocycles. The summed E-state index contributed by atoms with van der Waals surface area (Å²) in [6, 6.07) is 12.4. The van der Waals surface area contributed by atoms with E-state index in [1.54, 1.807) is 44.4 Å². The molecule has 0 fully saturated rings. The molecule has 1 N–H and O–H groups in total. The summed E-state index contributed by atoms with van der Waals surface area (Å²) in [6.07, 6.45) is -1.16. The van der Waals surface area contributed by atoms with E-state index in [2.05, 4.69) is 4.72 Å². The normalized spacial score (nSPS) is 12.1. The van der Waals surface area contributed by atoms with Gasteiger partial charge < -0.3 is 14.4 Å². The average Bonchev–Trinajstić information content (AvgIpc) is 2.71. The average molecular weight is 406 g/mol. The van der Waals surface area contributed by atoms with E-state index in [1.807, 2.05) is 0 Å². The van der Waals surface area contributed by atoms with Crippen molar-refractivity contribution in [1.82, 2.24) is 9.62 Å². The quantitative estimate of drug-likeness (QED) is 0.701. The number of amides is 1. The van der Waals surface area contributed by atoms with Crippen LogP contribution in [0.2, 0.25) is 0 Å². The monoisotopic (exact) mass is 406 g/mol. The highest BCUT2D eigenvalue weighted by Crippen LogP contribution is 2.27. The van der Waals surface area contributed by atoms with Crippen LogP contribution in [0.25, 0.3) is 0 Å². The summed E-state index contributed by atoms with van der Waals surface area (Å²) in [7, 11) is 1.81. The van der Waals surface area contributed by atoms with Crippen LogP contribution < -0.4 is 9.46 Å². The van der Waals surface area contributed by atoms with E-state index in [-0.39, 0.29) is 16.2 Å². The largest absolute Gasteiger partial charge is 0.495 e. The first-order chi connectivity index (χ1) is 13.2. The number of carbonyl (C=O) groups excluding carboxylic acids is 2. The van der Waals surface area contributed by atoms with Crippen LogP contribution in [0.3, 0.4) is 0 Å². The van der Waals surface area contributed by atoms with Crippen LogP contribution in [-0.2, 0) is 19.6 Å². The number of rotatable bonds is 7. The van der Waals surface area contributed by atoms with Gasteiger partial charge in [0.05, 0.1) is 12.7 Å². The van der Waals surface area contributed by atoms with E-state index in [9.17, 15) is 18.0 Å². The summed E-state index contributed by atoms with van der Waals surface area (Å²) < 4.78 is 37.1. The highest BCUT2D eigenvalue weighted by atomic mass is 32.2. The molecule has 0 spiro atoms. The van der Waals surface area contributed by atoms with Crippen molar-refractivity contribution in [3.63, 3.8) is 0 Å². The van der Waals surface area contributed by atoms with Crippen molar-refractivity contribution in [3.8, 4) is 5.75 Å². The first kappa shape index (κ1) is 21.4. The van der Waals surface area contributed by atoms with Gasteiger partial charge in [0.1, 0.15) is 10.6 Å². The van der Waals surface area contributed by atoms with Crippen LogP contribution in [0.4, 0.5) is 0 Å². The molecular weight excluding hydrogens is 384 g/mol. The van der Waals surface area contributed by atoms with Gasteiger partial charge in [-0.15, -0.1) is 0 Å². The fraction of sp³-hybridized carbons (Fsp3) is 0.263. The maximum atomic E-state index is 12.7.